The topological polar surface area (TPSA) is 60.2 Å². The van der Waals surface area contributed by atoms with Gasteiger partial charge in [-0.2, -0.15) is 5.10 Å². The molecule has 2 aromatic heterocycles. The number of hydrogen-bond donors (Lipinski definition) is 0. The summed E-state index contributed by atoms with van der Waals surface area (Å²) in [6.45, 7) is 2.64. The van der Waals surface area contributed by atoms with Crippen molar-refractivity contribution in [1.29, 1.82) is 0 Å². The summed E-state index contributed by atoms with van der Waals surface area (Å²) in [7, 11) is 3.36. The second kappa shape index (κ2) is 6.20. The molecular weight excluding hydrogens is 316 g/mol. The van der Waals surface area contributed by atoms with Crippen LogP contribution in [0.15, 0.2) is 18.3 Å². The molecule has 0 bridgehead atoms. The molecule has 0 radical (unpaired) electrons. The Labute approximate surface area is 140 Å². The molecule has 0 unspecified atom stereocenters. The van der Waals surface area contributed by atoms with E-state index in [1.807, 2.05) is 18.9 Å². The Balaban J connectivity index is 1.90. The lowest BCUT2D eigenvalue weighted by Gasteiger charge is -2.25. The third-order valence-corrected chi connectivity index (χ3v) is 4.68. The van der Waals surface area contributed by atoms with Crippen molar-refractivity contribution in [2.75, 3.05) is 13.7 Å². The summed E-state index contributed by atoms with van der Waals surface area (Å²) in [4.78, 5) is 18.8. The molecule has 6 nitrogen and oxygen atoms in total. The van der Waals surface area contributed by atoms with Gasteiger partial charge in [0.15, 0.2) is 0 Å². The zero-order chi connectivity index (χ0) is 16.6. The molecule has 3 heterocycles. The minimum absolute atomic E-state index is 0.0363. The molecule has 7 heteroatoms. The lowest BCUT2D eigenvalue weighted by Crippen LogP contribution is -2.31. The van der Waals surface area contributed by atoms with E-state index < -0.39 is 0 Å². The fourth-order valence-electron chi connectivity index (χ4n) is 3.13. The van der Waals surface area contributed by atoms with Crippen LogP contribution < -0.4 is 4.74 Å². The van der Waals surface area contributed by atoms with Crippen molar-refractivity contribution in [2.24, 2.45) is 7.05 Å². The number of hydrogen-bond acceptors (Lipinski definition) is 4. The van der Waals surface area contributed by atoms with E-state index in [1.54, 1.807) is 30.1 Å². The van der Waals surface area contributed by atoms with E-state index in [0.717, 1.165) is 24.1 Å². The van der Waals surface area contributed by atoms with Gasteiger partial charge in [0, 0.05) is 31.4 Å². The van der Waals surface area contributed by atoms with E-state index in [9.17, 15) is 4.79 Å². The van der Waals surface area contributed by atoms with Gasteiger partial charge < -0.3 is 9.64 Å². The van der Waals surface area contributed by atoms with Gasteiger partial charge in [0.2, 0.25) is 5.88 Å². The summed E-state index contributed by atoms with van der Waals surface area (Å²) in [5, 5.41) is 4.96. The van der Waals surface area contributed by atoms with Crippen molar-refractivity contribution in [2.45, 2.75) is 25.8 Å². The second-order valence-electron chi connectivity index (χ2n) is 5.66. The van der Waals surface area contributed by atoms with Gasteiger partial charge in [-0.3, -0.25) is 9.48 Å². The third-order valence-electron chi connectivity index (χ3n) is 4.24. The fourth-order valence-corrected chi connectivity index (χ4v) is 3.43. The van der Waals surface area contributed by atoms with Crippen molar-refractivity contribution in [3.8, 4) is 5.88 Å². The Hall–Kier alpha value is -2.08. The average molecular weight is 335 g/mol. The number of halogens is 1. The van der Waals surface area contributed by atoms with Gasteiger partial charge >= 0.3 is 0 Å². The average Bonchev–Trinajstić information content (AvgIpc) is 3.12. The quantitative estimate of drug-likeness (QED) is 0.866. The maximum atomic E-state index is 12.8. The van der Waals surface area contributed by atoms with E-state index in [4.69, 9.17) is 16.3 Å². The van der Waals surface area contributed by atoms with E-state index in [2.05, 4.69) is 10.1 Å². The van der Waals surface area contributed by atoms with Gasteiger partial charge in [0.25, 0.3) is 5.91 Å². The van der Waals surface area contributed by atoms with Crippen molar-refractivity contribution in [1.82, 2.24) is 19.7 Å². The molecule has 0 spiro atoms. The molecule has 0 aromatic carbocycles. The van der Waals surface area contributed by atoms with Crippen LogP contribution in [-0.2, 0) is 7.05 Å². The lowest BCUT2D eigenvalue weighted by atomic mass is 10.1. The number of ether oxygens (including phenoxy) is 1. The largest absolute Gasteiger partial charge is 0.481 e. The number of pyridine rings is 1. The van der Waals surface area contributed by atoms with Crippen molar-refractivity contribution >= 4 is 17.5 Å². The predicted molar refractivity (Wildman–Crippen MR) is 86.8 cm³/mol. The minimum atomic E-state index is -0.0398. The van der Waals surface area contributed by atoms with Gasteiger partial charge in [-0.1, -0.05) is 11.6 Å². The molecule has 0 saturated carbocycles. The molecule has 3 rings (SSSR count). The Morgan fingerprint density at radius 1 is 1.43 bits per heavy atom. The summed E-state index contributed by atoms with van der Waals surface area (Å²) in [5.41, 5.74) is 2.37. The maximum absolute atomic E-state index is 12.8. The number of aryl methyl sites for hydroxylation is 2. The van der Waals surface area contributed by atoms with Gasteiger partial charge in [-0.25, -0.2) is 4.98 Å². The monoisotopic (exact) mass is 334 g/mol. The summed E-state index contributed by atoms with van der Waals surface area (Å²) in [6, 6.07) is 3.40. The first-order chi connectivity index (χ1) is 11.0. The number of nitrogens with zero attached hydrogens (tertiary/aromatic N) is 4. The van der Waals surface area contributed by atoms with Gasteiger partial charge in [-0.15, -0.1) is 0 Å². The highest BCUT2D eigenvalue weighted by molar-refractivity contribution is 6.30. The Bertz CT molecular complexity index is 726. The summed E-state index contributed by atoms with van der Waals surface area (Å²) < 4.78 is 6.69. The van der Waals surface area contributed by atoms with Crippen LogP contribution in [0.3, 0.4) is 0 Å². The Morgan fingerprint density at radius 2 is 2.22 bits per heavy atom. The molecule has 23 heavy (non-hydrogen) atoms. The standard InChI is InChI=1S/C16H19ClN4O2/c1-10-14(15(17)20(2)19-10)12-5-4-8-21(12)16(22)11-6-7-13(23-3)18-9-11/h6-7,9,12H,4-5,8H2,1-3H3/t12-/m1/s1. The van der Waals surface area contributed by atoms with E-state index in [0.29, 0.717) is 23.1 Å². The van der Waals surface area contributed by atoms with Crippen LogP contribution in [0, 0.1) is 6.92 Å². The van der Waals surface area contributed by atoms with Gasteiger partial charge in [0.1, 0.15) is 5.15 Å². The highest BCUT2D eigenvalue weighted by atomic mass is 35.5. The second-order valence-corrected chi connectivity index (χ2v) is 6.02. The molecule has 1 atom stereocenters. The van der Waals surface area contributed by atoms with E-state index in [1.165, 1.54) is 0 Å². The number of carbonyl (C=O) groups is 1. The first kappa shape index (κ1) is 15.8. The van der Waals surface area contributed by atoms with Crippen LogP contribution >= 0.6 is 11.6 Å². The van der Waals surface area contributed by atoms with Crippen molar-refractivity contribution in [3.05, 3.63) is 40.3 Å². The smallest absolute Gasteiger partial charge is 0.255 e. The van der Waals surface area contributed by atoms with Crippen LogP contribution in [0.2, 0.25) is 5.15 Å². The molecule has 122 valence electrons. The minimum Gasteiger partial charge on any atom is -0.481 e. The van der Waals surface area contributed by atoms with Crippen LogP contribution in [0.1, 0.15) is 40.5 Å². The Kier molecular flexibility index (Phi) is 4.26. The zero-order valence-electron chi connectivity index (χ0n) is 13.4. The number of carbonyl (C=O) groups excluding carboxylic acids is 1. The summed E-state index contributed by atoms with van der Waals surface area (Å²) >= 11 is 6.38. The molecule has 1 saturated heterocycles. The highest BCUT2D eigenvalue weighted by Crippen LogP contribution is 2.38. The van der Waals surface area contributed by atoms with Crippen LogP contribution in [0.4, 0.5) is 0 Å². The highest BCUT2D eigenvalue weighted by Gasteiger charge is 2.34. The van der Waals surface area contributed by atoms with Gasteiger partial charge in [-0.05, 0) is 25.8 Å². The van der Waals surface area contributed by atoms with E-state index in [-0.39, 0.29) is 11.9 Å². The number of likely N-dealkylation sites (tertiary alicyclic amines) is 1. The molecule has 2 aromatic rings. The van der Waals surface area contributed by atoms with Crippen LogP contribution in [0.5, 0.6) is 5.88 Å². The SMILES string of the molecule is COc1ccc(C(=O)N2CCC[C@@H]2c2c(C)nn(C)c2Cl)cn1. The molecule has 0 N–H and O–H groups in total. The number of rotatable bonds is 3. The fraction of sp³-hybridized carbons (Fsp3) is 0.438. The van der Waals surface area contributed by atoms with Crippen LogP contribution in [-0.4, -0.2) is 39.2 Å². The first-order valence-electron chi connectivity index (χ1n) is 7.53. The normalized spacial score (nSPS) is 17.6. The van der Waals surface area contributed by atoms with Crippen molar-refractivity contribution < 1.29 is 9.53 Å². The number of methoxy groups -OCH3 is 1. The summed E-state index contributed by atoms with van der Waals surface area (Å²) in [6.07, 6.45) is 3.39. The molecule has 1 amide bonds. The lowest BCUT2D eigenvalue weighted by molar-refractivity contribution is 0.0735. The Morgan fingerprint density at radius 3 is 2.78 bits per heavy atom. The van der Waals surface area contributed by atoms with Crippen LogP contribution in [0.25, 0.3) is 0 Å². The number of aromatic nitrogens is 3. The predicted octanol–water partition coefficient (Wildman–Crippen LogP) is 2.76. The molecule has 0 aliphatic carbocycles. The molecule has 1 aliphatic heterocycles. The maximum Gasteiger partial charge on any atom is 0.255 e. The zero-order valence-corrected chi connectivity index (χ0v) is 14.2. The summed E-state index contributed by atoms with van der Waals surface area (Å²) in [5.74, 6) is 0.452. The number of amides is 1. The molecule has 1 aliphatic rings. The first-order valence-corrected chi connectivity index (χ1v) is 7.90. The van der Waals surface area contributed by atoms with E-state index >= 15 is 0 Å². The van der Waals surface area contributed by atoms with Gasteiger partial charge in [0.05, 0.1) is 24.4 Å². The third kappa shape index (κ3) is 2.79. The molecule has 1 fully saturated rings. The van der Waals surface area contributed by atoms with Crippen molar-refractivity contribution in [3.63, 3.8) is 0 Å². The molecular formula is C16H19ClN4O2.